The van der Waals surface area contributed by atoms with Crippen molar-refractivity contribution in [1.29, 1.82) is 0 Å². The molecule has 3 rings (SSSR count). The lowest BCUT2D eigenvalue weighted by molar-refractivity contribution is -0.143. The van der Waals surface area contributed by atoms with Crippen LogP contribution in [0.4, 0.5) is 13.2 Å². The molecule has 1 aromatic rings. The molecule has 2 saturated carbocycles. The van der Waals surface area contributed by atoms with Gasteiger partial charge in [-0.2, -0.15) is 13.2 Å². The van der Waals surface area contributed by atoms with E-state index in [2.05, 4.69) is 5.32 Å². The smallest absolute Gasteiger partial charge is 0.416 e. The molecule has 2 aliphatic rings. The summed E-state index contributed by atoms with van der Waals surface area (Å²) in [6.07, 6.45) is -3.41. The molecule has 22 heavy (non-hydrogen) atoms. The summed E-state index contributed by atoms with van der Waals surface area (Å²) in [5.74, 6) is -2.64. The lowest BCUT2D eigenvalue weighted by Gasteiger charge is -2.14. The predicted octanol–water partition coefficient (Wildman–Crippen LogP) is 2.54. The van der Waals surface area contributed by atoms with Gasteiger partial charge in [0, 0.05) is 5.92 Å². The number of aliphatic carboxylic acids is 1. The maximum atomic E-state index is 13.0. The molecule has 4 nitrogen and oxygen atoms in total. The van der Waals surface area contributed by atoms with Gasteiger partial charge < -0.3 is 10.4 Å². The number of carbonyl (C=O) groups excluding carboxylic acids is 1. The van der Waals surface area contributed by atoms with Crippen molar-refractivity contribution in [1.82, 2.24) is 5.32 Å². The van der Waals surface area contributed by atoms with Crippen LogP contribution in [0.2, 0.25) is 0 Å². The van der Waals surface area contributed by atoms with Gasteiger partial charge in [0.2, 0.25) is 5.91 Å². The zero-order valence-corrected chi connectivity index (χ0v) is 11.5. The predicted molar refractivity (Wildman–Crippen MR) is 70.0 cm³/mol. The normalized spacial score (nSPS) is 25.4. The number of halogens is 3. The maximum Gasteiger partial charge on any atom is 0.416 e. The number of carboxylic acid groups (broad SMARTS) is 1. The Morgan fingerprint density at radius 3 is 2.41 bits per heavy atom. The average molecular weight is 313 g/mol. The number of hydrogen-bond donors (Lipinski definition) is 2. The molecule has 0 bridgehead atoms. The zero-order valence-electron chi connectivity index (χ0n) is 11.5. The first-order chi connectivity index (χ1) is 10.2. The standard InChI is InChI=1S/C15H14F3NO3/c16-15(17,18)11-4-2-1-3-8(11)9-7-10(9)12(20)19-14(5-6-14)13(21)22/h1-4,9-10H,5-7H2,(H,19,20)(H,21,22)/t9-,10-/m0/s1. The van der Waals surface area contributed by atoms with Crippen molar-refractivity contribution in [2.45, 2.75) is 36.9 Å². The van der Waals surface area contributed by atoms with E-state index in [9.17, 15) is 22.8 Å². The van der Waals surface area contributed by atoms with Crippen LogP contribution in [0.15, 0.2) is 24.3 Å². The third-order valence-electron chi connectivity index (χ3n) is 4.31. The monoisotopic (exact) mass is 313 g/mol. The highest BCUT2D eigenvalue weighted by atomic mass is 19.4. The maximum absolute atomic E-state index is 13.0. The summed E-state index contributed by atoms with van der Waals surface area (Å²) < 4.78 is 38.9. The van der Waals surface area contributed by atoms with Crippen LogP contribution in [0.1, 0.15) is 36.3 Å². The van der Waals surface area contributed by atoms with E-state index in [1.54, 1.807) is 0 Å². The largest absolute Gasteiger partial charge is 0.480 e. The van der Waals surface area contributed by atoms with Crippen molar-refractivity contribution in [3.05, 3.63) is 35.4 Å². The molecule has 2 N–H and O–H groups in total. The van der Waals surface area contributed by atoms with Crippen molar-refractivity contribution < 1.29 is 27.9 Å². The number of nitrogens with one attached hydrogen (secondary N) is 1. The highest BCUT2D eigenvalue weighted by molar-refractivity contribution is 5.92. The third kappa shape index (κ3) is 2.55. The number of benzene rings is 1. The highest BCUT2D eigenvalue weighted by Crippen LogP contribution is 2.51. The Labute approximate surface area is 124 Å². The van der Waals surface area contributed by atoms with E-state index in [4.69, 9.17) is 5.11 Å². The van der Waals surface area contributed by atoms with Crippen LogP contribution in [0.5, 0.6) is 0 Å². The molecule has 2 fully saturated rings. The molecule has 0 saturated heterocycles. The van der Waals surface area contributed by atoms with Gasteiger partial charge in [-0.15, -0.1) is 0 Å². The van der Waals surface area contributed by atoms with Crippen molar-refractivity contribution in [3.63, 3.8) is 0 Å². The second-order valence-electron chi connectivity index (χ2n) is 5.91. The van der Waals surface area contributed by atoms with Gasteiger partial charge in [-0.05, 0) is 36.8 Å². The van der Waals surface area contributed by atoms with Crippen molar-refractivity contribution in [2.24, 2.45) is 5.92 Å². The van der Waals surface area contributed by atoms with E-state index in [1.165, 1.54) is 18.2 Å². The molecule has 1 amide bonds. The molecule has 0 aromatic heterocycles. The van der Waals surface area contributed by atoms with Crippen LogP contribution < -0.4 is 5.32 Å². The third-order valence-corrected chi connectivity index (χ3v) is 4.31. The number of hydrogen-bond acceptors (Lipinski definition) is 2. The van der Waals surface area contributed by atoms with E-state index < -0.39 is 41.0 Å². The van der Waals surface area contributed by atoms with Gasteiger partial charge in [0.25, 0.3) is 0 Å². The molecule has 7 heteroatoms. The fraction of sp³-hybridized carbons (Fsp3) is 0.467. The highest BCUT2D eigenvalue weighted by Gasteiger charge is 2.55. The fourth-order valence-corrected chi connectivity index (χ4v) is 2.75. The van der Waals surface area contributed by atoms with Crippen LogP contribution in [0.3, 0.4) is 0 Å². The first kappa shape index (κ1) is 14.9. The van der Waals surface area contributed by atoms with Gasteiger partial charge in [0.15, 0.2) is 0 Å². The molecule has 118 valence electrons. The summed E-state index contributed by atoms with van der Waals surface area (Å²) in [5.41, 5.74) is -1.82. The molecule has 0 unspecified atom stereocenters. The van der Waals surface area contributed by atoms with Gasteiger partial charge in [-0.25, -0.2) is 4.79 Å². The molecule has 2 aliphatic carbocycles. The minimum absolute atomic E-state index is 0.107. The Morgan fingerprint density at radius 2 is 1.86 bits per heavy atom. The molecule has 0 radical (unpaired) electrons. The summed E-state index contributed by atoms with van der Waals surface area (Å²) in [4.78, 5) is 23.1. The molecule has 0 aliphatic heterocycles. The van der Waals surface area contributed by atoms with Crippen LogP contribution in [-0.2, 0) is 15.8 Å². The average Bonchev–Trinajstić information content (AvgIpc) is 3.32. The Bertz CT molecular complexity index is 637. The lowest BCUT2D eigenvalue weighted by Crippen LogP contribution is -2.43. The van der Waals surface area contributed by atoms with Crippen LogP contribution in [0.25, 0.3) is 0 Å². The second-order valence-corrected chi connectivity index (χ2v) is 5.91. The van der Waals surface area contributed by atoms with Crippen LogP contribution in [-0.4, -0.2) is 22.5 Å². The molecule has 1 aromatic carbocycles. The topological polar surface area (TPSA) is 66.4 Å². The van der Waals surface area contributed by atoms with Crippen molar-refractivity contribution in [2.75, 3.05) is 0 Å². The number of rotatable bonds is 4. The lowest BCUT2D eigenvalue weighted by atomic mass is 10.0. The first-order valence-electron chi connectivity index (χ1n) is 6.96. The number of alkyl halides is 3. The Balaban J connectivity index is 1.73. The summed E-state index contributed by atoms with van der Waals surface area (Å²) in [5, 5.41) is 11.5. The Morgan fingerprint density at radius 1 is 1.23 bits per heavy atom. The van der Waals surface area contributed by atoms with Gasteiger partial charge in [-0.1, -0.05) is 18.2 Å². The molecule has 2 atom stereocenters. The molecular weight excluding hydrogens is 299 g/mol. The van der Waals surface area contributed by atoms with E-state index >= 15 is 0 Å². The minimum atomic E-state index is -4.46. The van der Waals surface area contributed by atoms with E-state index in [1.807, 2.05) is 0 Å². The summed E-state index contributed by atoms with van der Waals surface area (Å²) in [7, 11) is 0. The summed E-state index contributed by atoms with van der Waals surface area (Å²) >= 11 is 0. The van der Waals surface area contributed by atoms with Crippen molar-refractivity contribution >= 4 is 11.9 Å². The van der Waals surface area contributed by atoms with E-state index in [0.717, 1.165) is 6.07 Å². The zero-order chi connectivity index (χ0) is 16.1. The SMILES string of the molecule is O=C(NC1(C(=O)O)CC1)[C@H]1C[C@H]1c1ccccc1C(F)(F)F. The Hall–Kier alpha value is -2.05. The van der Waals surface area contributed by atoms with Gasteiger partial charge in [-0.3, -0.25) is 4.79 Å². The Kier molecular flexibility index (Phi) is 3.19. The first-order valence-corrected chi connectivity index (χ1v) is 6.96. The minimum Gasteiger partial charge on any atom is -0.480 e. The number of amides is 1. The fourth-order valence-electron chi connectivity index (χ4n) is 2.75. The van der Waals surface area contributed by atoms with E-state index in [-0.39, 0.29) is 5.56 Å². The molecular formula is C15H14F3NO3. The van der Waals surface area contributed by atoms with E-state index in [0.29, 0.717) is 19.3 Å². The number of carbonyl (C=O) groups is 2. The van der Waals surface area contributed by atoms with Crippen LogP contribution in [0, 0.1) is 5.92 Å². The van der Waals surface area contributed by atoms with Gasteiger partial charge in [0.1, 0.15) is 5.54 Å². The summed E-state index contributed by atoms with van der Waals surface area (Å²) in [6, 6.07) is 5.21. The molecule has 0 heterocycles. The van der Waals surface area contributed by atoms with Crippen LogP contribution >= 0.6 is 0 Å². The molecule has 0 spiro atoms. The number of carboxylic acids is 1. The summed E-state index contributed by atoms with van der Waals surface area (Å²) in [6.45, 7) is 0. The van der Waals surface area contributed by atoms with Gasteiger partial charge in [0.05, 0.1) is 5.56 Å². The van der Waals surface area contributed by atoms with Gasteiger partial charge >= 0.3 is 12.1 Å². The second kappa shape index (κ2) is 4.72. The van der Waals surface area contributed by atoms with Crippen molar-refractivity contribution in [3.8, 4) is 0 Å². The quantitative estimate of drug-likeness (QED) is 0.898.